The molecule has 0 bridgehead atoms. The van der Waals surface area contributed by atoms with Crippen molar-refractivity contribution in [2.75, 3.05) is 0 Å². The van der Waals surface area contributed by atoms with Gasteiger partial charge in [-0.15, -0.1) is 0 Å². The normalized spacial score (nSPS) is 18.4. The minimum atomic E-state index is 1.24. The minimum Gasteiger partial charge on any atom is -0.0622 e. The molecule has 0 aromatic heterocycles. The van der Waals surface area contributed by atoms with E-state index in [1.807, 2.05) is 0 Å². The number of hydrogen-bond donors (Lipinski definition) is 0. The fraction of sp³-hybridized carbons (Fsp3) is 0.273. The lowest BCUT2D eigenvalue weighted by Crippen LogP contribution is -2.10. The van der Waals surface area contributed by atoms with Crippen molar-refractivity contribution in [2.45, 2.75) is 38.5 Å². The standard InChI is InChI=1S/C22H22/c1-3-9-17(10-4-1)19-13-7-16-22-20(14-8-15-21(19)22)18-11-5-2-6-12-18/h1-6,9-12H,7-8,13-16H2. The molecule has 0 fully saturated rings. The van der Waals surface area contributed by atoms with Crippen LogP contribution in [0, 0.1) is 0 Å². The largest absolute Gasteiger partial charge is 0.0622 e. The Morgan fingerprint density at radius 3 is 1.18 bits per heavy atom. The van der Waals surface area contributed by atoms with Gasteiger partial charge in [-0.05, 0) is 71.9 Å². The summed E-state index contributed by atoms with van der Waals surface area (Å²) >= 11 is 0. The number of fused-ring (bicyclic) bond motifs is 1. The van der Waals surface area contributed by atoms with Gasteiger partial charge in [-0.2, -0.15) is 0 Å². The summed E-state index contributed by atoms with van der Waals surface area (Å²) in [6, 6.07) is 22.0. The fourth-order valence-corrected chi connectivity index (χ4v) is 4.07. The summed E-state index contributed by atoms with van der Waals surface area (Å²) in [7, 11) is 0. The van der Waals surface area contributed by atoms with Gasteiger partial charge in [0, 0.05) is 0 Å². The van der Waals surface area contributed by atoms with Crippen LogP contribution in [0.3, 0.4) is 0 Å². The second kappa shape index (κ2) is 5.96. The third kappa shape index (κ3) is 2.43. The first-order chi connectivity index (χ1) is 10.9. The summed E-state index contributed by atoms with van der Waals surface area (Å²) < 4.78 is 0. The van der Waals surface area contributed by atoms with E-state index in [4.69, 9.17) is 0 Å². The molecule has 110 valence electrons. The molecule has 0 N–H and O–H groups in total. The van der Waals surface area contributed by atoms with Crippen LogP contribution in [-0.2, 0) is 0 Å². The maximum absolute atomic E-state index is 2.28. The molecule has 2 aromatic carbocycles. The molecule has 2 aliphatic carbocycles. The molecule has 0 heterocycles. The van der Waals surface area contributed by atoms with Crippen LogP contribution in [0.4, 0.5) is 0 Å². The molecule has 0 unspecified atom stereocenters. The SMILES string of the molecule is c1ccc(C2=C3CCCC(c4ccccc4)=C3CCC2)cc1. The van der Waals surface area contributed by atoms with Gasteiger partial charge < -0.3 is 0 Å². The van der Waals surface area contributed by atoms with Crippen LogP contribution < -0.4 is 0 Å². The predicted molar refractivity (Wildman–Crippen MR) is 94.4 cm³/mol. The second-order valence-electron chi connectivity index (χ2n) is 6.35. The first kappa shape index (κ1) is 13.6. The zero-order valence-electron chi connectivity index (χ0n) is 13.0. The Hall–Kier alpha value is -2.08. The lowest BCUT2D eigenvalue weighted by Gasteiger charge is -2.30. The quantitative estimate of drug-likeness (QED) is 0.611. The summed E-state index contributed by atoms with van der Waals surface area (Å²) in [5.74, 6) is 0. The van der Waals surface area contributed by atoms with E-state index in [1.54, 1.807) is 22.3 Å². The van der Waals surface area contributed by atoms with Crippen molar-refractivity contribution in [1.29, 1.82) is 0 Å². The van der Waals surface area contributed by atoms with Gasteiger partial charge in [0.2, 0.25) is 0 Å². The molecule has 2 aromatic rings. The highest BCUT2D eigenvalue weighted by Gasteiger charge is 2.24. The maximum Gasteiger partial charge on any atom is -0.0222 e. The van der Waals surface area contributed by atoms with Crippen LogP contribution in [0.15, 0.2) is 71.8 Å². The number of allylic oxidation sites excluding steroid dienone is 4. The average molecular weight is 286 g/mol. The smallest absolute Gasteiger partial charge is 0.0222 e. The van der Waals surface area contributed by atoms with Crippen LogP contribution in [0.2, 0.25) is 0 Å². The molecule has 0 nitrogen and oxygen atoms in total. The Bertz CT molecular complexity index is 652. The average Bonchev–Trinajstić information content (AvgIpc) is 2.62. The highest BCUT2D eigenvalue weighted by atomic mass is 14.3. The van der Waals surface area contributed by atoms with E-state index in [0.717, 1.165) is 0 Å². The lowest BCUT2D eigenvalue weighted by atomic mass is 9.74. The van der Waals surface area contributed by atoms with Crippen molar-refractivity contribution in [3.05, 3.63) is 82.9 Å². The molecule has 22 heavy (non-hydrogen) atoms. The third-order valence-electron chi connectivity index (χ3n) is 5.04. The van der Waals surface area contributed by atoms with Crippen molar-refractivity contribution in [3.63, 3.8) is 0 Å². The van der Waals surface area contributed by atoms with Crippen LogP contribution in [0.1, 0.15) is 49.7 Å². The van der Waals surface area contributed by atoms with E-state index in [0.29, 0.717) is 0 Å². The molecule has 0 spiro atoms. The van der Waals surface area contributed by atoms with Gasteiger partial charge in [0.1, 0.15) is 0 Å². The van der Waals surface area contributed by atoms with E-state index in [2.05, 4.69) is 60.7 Å². The van der Waals surface area contributed by atoms with E-state index in [-0.39, 0.29) is 0 Å². The summed E-state index contributed by atoms with van der Waals surface area (Å²) in [4.78, 5) is 0. The van der Waals surface area contributed by atoms with Crippen molar-refractivity contribution >= 4 is 11.1 Å². The summed E-state index contributed by atoms with van der Waals surface area (Å²) in [6.07, 6.45) is 7.58. The first-order valence-corrected chi connectivity index (χ1v) is 8.49. The zero-order valence-corrected chi connectivity index (χ0v) is 13.0. The molecule has 0 aliphatic heterocycles. The van der Waals surface area contributed by atoms with Crippen LogP contribution in [0.5, 0.6) is 0 Å². The van der Waals surface area contributed by atoms with Gasteiger partial charge >= 0.3 is 0 Å². The summed E-state index contributed by atoms with van der Waals surface area (Å²) in [5.41, 5.74) is 9.39. The zero-order chi connectivity index (χ0) is 14.8. The molecule has 0 heteroatoms. The molecular formula is C22H22. The Labute approximate surface area is 133 Å². The van der Waals surface area contributed by atoms with E-state index in [9.17, 15) is 0 Å². The van der Waals surface area contributed by atoms with Crippen LogP contribution in [0.25, 0.3) is 11.1 Å². The van der Waals surface area contributed by atoms with Crippen molar-refractivity contribution in [2.24, 2.45) is 0 Å². The van der Waals surface area contributed by atoms with Gasteiger partial charge in [0.15, 0.2) is 0 Å². The third-order valence-corrected chi connectivity index (χ3v) is 5.04. The van der Waals surface area contributed by atoms with Gasteiger partial charge in [0.25, 0.3) is 0 Å². The lowest BCUT2D eigenvalue weighted by molar-refractivity contribution is 0.735. The Kier molecular flexibility index (Phi) is 3.68. The van der Waals surface area contributed by atoms with Crippen molar-refractivity contribution in [3.8, 4) is 0 Å². The minimum absolute atomic E-state index is 1.24. The molecule has 0 amide bonds. The number of rotatable bonds is 2. The van der Waals surface area contributed by atoms with Gasteiger partial charge in [0.05, 0.1) is 0 Å². The Morgan fingerprint density at radius 1 is 0.409 bits per heavy atom. The molecule has 4 rings (SSSR count). The molecular weight excluding hydrogens is 264 g/mol. The van der Waals surface area contributed by atoms with Crippen LogP contribution >= 0.6 is 0 Å². The van der Waals surface area contributed by atoms with Gasteiger partial charge in [-0.1, -0.05) is 60.7 Å². The van der Waals surface area contributed by atoms with E-state index < -0.39 is 0 Å². The summed E-state index contributed by atoms with van der Waals surface area (Å²) in [5, 5.41) is 0. The highest BCUT2D eigenvalue weighted by Crippen LogP contribution is 2.45. The van der Waals surface area contributed by atoms with Gasteiger partial charge in [-0.3, -0.25) is 0 Å². The molecule has 2 aliphatic rings. The molecule has 0 radical (unpaired) electrons. The van der Waals surface area contributed by atoms with E-state index >= 15 is 0 Å². The number of benzene rings is 2. The van der Waals surface area contributed by atoms with Crippen molar-refractivity contribution < 1.29 is 0 Å². The first-order valence-electron chi connectivity index (χ1n) is 8.49. The summed E-state index contributed by atoms with van der Waals surface area (Å²) in [6.45, 7) is 0. The second-order valence-corrected chi connectivity index (χ2v) is 6.35. The van der Waals surface area contributed by atoms with Crippen molar-refractivity contribution in [1.82, 2.24) is 0 Å². The number of hydrogen-bond acceptors (Lipinski definition) is 0. The highest BCUT2D eigenvalue weighted by molar-refractivity contribution is 5.82. The topological polar surface area (TPSA) is 0 Å². The monoisotopic (exact) mass is 286 g/mol. The predicted octanol–water partition coefficient (Wildman–Crippen LogP) is 6.26. The Balaban J connectivity index is 1.86. The molecule has 0 atom stereocenters. The maximum atomic E-state index is 2.28. The van der Waals surface area contributed by atoms with E-state index in [1.165, 1.54) is 49.7 Å². The fourth-order valence-electron chi connectivity index (χ4n) is 4.07. The Morgan fingerprint density at radius 2 is 0.773 bits per heavy atom. The van der Waals surface area contributed by atoms with Crippen LogP contribution in [-0.4, -0.2) is 0 Å². The molecule has 0 saturated heterocycles. The molecule has 0 saturated carbocycles. The van der Waals surface area contributed by atoms with Gasteiger partial charge in [-0.25, -0.2) is 0 Å².